The minimum absolute atomic E-state index is 0.0754. The summed E-state index contributed by atoms with van der Waals surface area (Å²) in [5.74, 6) is -3.13. The minimum atomic E-state index is -1.25. The lowest BCUT2D eigenvalue weighted by Gasteiger charge is -2.31. The van der Waals surface area contributed by atoms with Crippen LogP contribution in [0.1, 0.15) is 37.0 Å². The fraction of sp³-hybridized carbons (Fsp3) is 0.400. The molecule has 0 N–H and O–H groups in total. The van der Waals surface area contributed by atoms with Crippen LogP contribution in [0.2, 0.25) is 0 Å². The molecular formula is C15H15FO3. The van der Waals surface area contributed by atoms with Crippen molar-refractivity contribution in [2.45, 2.75) is 26.7 Å². The molecule has 0 atom stereocenters. The molecule has 0 unspecified atom stereocenters. The van der Waals surface area contributed by atoms with Gasteiger partial charge in [-0.3, -0.25) is 14.4 Å². The summed E-state index contributed by atoms with van der Waals surface area (Å²) in [5, 5.41) is 0. The van der Waals surface area contributed by atoms with E-state index in [0.29, 0.717) is 0 Å². The Labute approximate surface area is 110 Å². The third kappa shape index (κ3) is 2.78. The van der Waals surface area contributed by atoms with Crippen LogP contribution >= 0.6 is 0 Å². The Hall–Kier alpha value is -1.84. The summed E-state index contributed by atoms with van der Waals surface area (Å²) < 4.78 is 13.1. The second kappa shape index (κ2) is 4.68. The van der Waals surface area contributed by atoms with Crippen molar-refractivity contribution < 1.29 is 18.8 Å². The van der Waals surface area contributed by atoms with Crippen LogP contribution in [0.25, 0.3) is 0 Å². The zero-order valence-electron chi connectivity index (χ0n) is 10.9. The number of hydrogen-bond acceptors (Lipinski definition) is 3. The third-order valence-corrected chi connectivity index (χ3v) is 3.32. The van der Waals surface area contributed by atoms with Gasteiger partial charge in [0.25, 0.3) is 0 Å². The van der Waals surface area contributed by atoms with E-state index in [1.165, 1.54) is 18.2 Å². The predicted molar refractivity (Wildman–Crippen MR) is 67.2 cm³/mol. The van der Waals surface area contributed by atoms with E-state index in [9.17, 15) is 18.8 Å². The molecule has 1 aliphatic carbocycles. The lowest BCUT2D eigenvalue weighted by molar-refractivity contribution is -0.137. The Balaban J connectivity index is 2.29. The van der Waals surface area contributed by atoms with Gasteiger partial charge in [-0.25, -0.2) is 4.39 Å². The molecule has 0 aromatic heterocycles. The van der Waals surface area contributed by atoms with Crippen molar-refractivity contribution in [2.24, 2.45) is 11.3 Å². The topological polar surface area (TPSA) is 51.2 Å². The highest BCUT2D eigenvalue weighted by Crippen LogP contribution is 2.35. The summed E-state index contributed by atoms with van der Waals surface area (Å²) >= 11 is 0. The van der Waals surface area contributed by atoms with E-state index in [4.69, 9.17) is 0 Å². The molecule has 0 heterocycles. The van der Waals surface area contributed by atoms with E-state index < -0.39 is 22.9 Å². The molecule has 1 aromatic carbocycles. The first-order chi connectivity index (χ1) is 8.80. The highest BCUT2D eigenvalue weighted by molar-refractivity contribution is 6.25. The molecule has 1 aromatic rings. The van der Waals surface area contributed by atoms with Gasteiger partial charge < -0.3 is 0 Å². The second-order valence-corrected chi connectivity index (χ2v) is 5.76. The summed E-state index contributed by atoms with van der Waals surface area (Å²) in [5.41, 5.74) is -0.321. The number of carbonyl (C=O) groups is 3. The molecule has 0 radical (unpaired) electrons. The van der Waals surface area contributed by atoms with Gasteiger partial charge in [-0.1, -0.05) is 26.0 Å². The third-order valence-electron chi connectivity index (χ3n) is 3.32. The van der Waals surface area contributed by atoms with E-state index in [1.54, 1.807) is 0 Å². The lowest BCUT2D eigenvalue weighted by Crippen LogP contribution is -2.41. The van der Waals surface area contributed by atoms with Crippen molar-refractivity contribution in [3.8, 4) is 0 Å². The van der Waals surface area contributed by atoms with Crippen LogP contribution in [0, 0.1) is 17.2 Å². The van der Waals surface area contributed by atoms with Gasteiger partial charge in [-0.05, 0) is 17.5 Å². The summed E-state index contributed by atoms with van der Waals surface area (Å²) in [6, 6.07) is 5.09. The zero-order valence-corrected chi connectivity index (χ0v) is 10.9. The molecule has 0 spiro atoms. The van der Waals surface area contributed by atoms with Crippen LogP contribution in [0.3, 0.4) is 0 Å². The van der Waals surface area contributed by atoms with E-state index in [-0.39, 0.29) is 30.0 Å². The van der Waals surface area contributed by atoms with E-state index in [1.807, 2.05) is 13.8 Å². The highest BCUT2D eigenvalue weighted by atomic mass is 19.1. The standard InChI is InChI=1S/C15H15FO3/c1-15(2)7-11(17)13(12(18)8-15)14(19)9-4-3-5-10(16)6-9/h3-6,13H,7-8H2,1-2H3. The molecule has 0 bridgehead atoms. The molecule has 3 nitrogen and oxygen atoms in total. The van der Waals surface area contributed by atoms with Crippen LogP contribution < -0.4 is 0 Å². The first-order valence-electron chi connectivity index (χ1n) is 6.15. The molecule has 1 saturated carbocycles. The quantitative estimate of drug-likeness (QED) is 0.608. The Morgan fingerprint density at radius 3 is 2.32 bits per heavy atom. The maximum atomic E-state index is 13.1. The van der Waals surface area contributed by atoms with Gasteiger partial charge >= 0.3 is 0 Å². The molecule has 100 valence electrons. The maximum Gasteiger partial charge on any atom is 0.180 e. The van der Waals surface area contributed by atoms with Crippen molar-refractivity contribution >= 4 is 17.3 Å². The number of benzene rings is 1. The fourth-order valence-corrected chi connectivity index (χ4v) is 2.49. The molecule has 0 amide bonds. The first kappa shape index (κ1) is 13.6. The van der Waals surface area contributed by atoms with Crippen LogP contribution in [0.5, 0.6) is 0 Å². The smallest absolute Gasteiger partial charge is 0.180 e. The van der Waals surface area contributed by atoms with Crippen molar-refractivity contribution in [1.29, 1.82) is 0 Å². The van der Waals surface area contributed by atoms with Crippen LogP contribution in [-0.2, 0) is 9.59 Å². The van der Waals surface area contributed by atoms with Gasteiger partial charge in [0.2, 0.25) is 0 Å². The Morgan fingerprint density at radius 1 is 1.21 bits per heavy atom. The van der Waals surface area contributed by atoms with Gasteiger partial charge in [-0.2, -0.15) is 0 Å². The van der Waals surface area contributed by atoms with Crippen molar-refractivity contribution in [2.75, 3.05) is 0 Å². The van der Waals surface area contributed by atoms with Crippen molar-refractivity contribution in [3.05, 3.63) is 35.6 Å². The van der Waals surface area contributed by atoms with E-state index in [0.717, 1.165) is 6.07 Å². The summed E-state index contributed by atoms with van der Waals surface area (Å²) in [7, 11) is 0. The normalized spacial score (nSPS) is 19.5. The molecule has 0 saturated heterocycles. The van der Waals surface area contributed by atoms with Crippen molar-refractivity contribution in [3.63, 3.8) is 0 Å². The van der Waals surface area contributed by atoms with Gasteiger partial charge in [0.05, 0.1) is 0 Å². The van der Waals surface area contributed by atoms with Gasteiger partial charge in [0.15, 0.2) is 17.3 Å². The summed E-state index contributed by atoms with van der Waals surface area (Å²) in [6.45, 7) is 3.65. The summed E-state index contributed by atoms with van der Waals surface area (Å²) in [4.78, 5) is 36.1. The number of ketones is 3. The van der Waals surface area contributed by atoms with Crippen LogP contribution in [0.4, 0.5) is 4.39 Å². The van der Waals surface area contributed by atoms with Gasteiger partial charge in [0.1, 0.15) is 11.7 Å². The van der Waals surface area contributed by atoms with Crippen molar-refractivity contribution in [1.82, 2.24) is 0 Å². The minimum Gasteiger partial charge on any atom is -0.298 e. The fourth-order valence-electron chi connectivity index (χ4n) is 2.49. The SMILES string of the molecule is CC1(C)CC(=O)C(C(=O)c2cccc(F)c2)C(=O)C1. The van der Waals surface area contributed by atoms with Gasteiger partial charge in [0, 0.05) is 18.4 Å². The average molecular weight is 262 g/mol. The molecular weight excluding hydrogens is 247 g/mol. The van der Waals surface area contributed by atoms with Crippen LogP contribution in [0.15, 0.2) is 24.3 Å². The first-order valence-corrected chi connectivity index (χ1v) is 6.15. The molecule has 0 aliphatic heterocycles. The summed E-state index contributed by atoms with van der Waals surface area (Å²) in [6.07, 6.45) is 0.398. The molecule has 1 aliphatic rings. The molecule has 2 rings (SSSR count). The monoisotopic (exact) mass is 262 g/mol. The largest absolute Gasteiger partial charge is 0.298 e. The average Bonchev–Trinajstić information content (AvgIpc) is 2.25. The van der Waals surface area contributed by atoms with Crippen LogP contribution in [-0.4, -0.2) is 17.3 Å². The Kier molecular flexibility index (Phi) is 3.35. The molecule has 19 heavy (non-hydrogen) atoms. The number of Topliss-reactive ketones (excluding diaryl/α,β-unsaturated/α-hetero) is 3. The predicted octanol–water partition coefficient (Wildman–Crippen LogP) is 2.58. The second-order valence-electron chi connectivity index (χ2n) is 5.76. The van der Waals surface area contributed by atoms with E-state index in [2.05, 4.69) is 0 Å². The highest BCUT2D eigenvalue weighted by Gasteiger charge is 2.43. The maximum absolute atomic E-state index is 13.1. The lowest BCUT2D eigenvalue weighted by atomic mass is 9.70. The number of halogens is 1. The Bertz CT molecular complexity index is 540. The van der Waals surface area contributed by atoms with Gasteiger partial charge in [-0.15, -0.1) is 0 Å². The zero-order chi connectivity index (χ0) is 14.2. The molecule has 4 heteroatoms. The molecule has 1 fully saturated rings. The Morgan fingerprint density at radius 2 is 1.79 bits per heavy atom. The number of rotatable bonds is 2. The number of hydrogen-bond donors (Lipinski definition) is 0. The number of carbonyl (C=O) groups excluding carboxylic acids is 3. The van der Waals surface area contributed by atoms with E-state index >= 15 is 0 Å².